The summed E-state index contributed by atoms with van der Waals surface area (Å²) in [6.45, 7) is 4.06. The van der Waals surface area contributed by atoms with Gasteiger partial charge in [-0.1, -0.05) is 23.8 Å². The summed E-state index contributed by atoms with van der Waals surface area (Å²) in [6, 6.07) is 8.80. The maximum Gasteiger partial charge on any atom is 0.363 e. The van der Waals surface area contributed by atoms with Gasteiger partial charge >= 0.3 is 11.4 Å². The fourth-order valence-electron chi connectivity index (χ4n) is 2.76. The molecular formula is C20H20N6O5. The SMILES string of the molecule is COc1cc(/C=N/Nc2cn[nH]c(=O)n2)cc([N+](=O)[O-])c1OCc1cc(C)ccc1C. The number of ether oxygens (including phenoxy) is 2. The number of aryl methyl sites for hydroxylation is 2. The van der Waals surface area contributed by atoms with Gasteiger partial charge in [0.05, 0.1) is 24.4 Å². The molecule has 31 heavy (non-hydrogen) atoms. The van der Waals surface area contributed by atoms with Crippen LogP contribution in [0.1, 0.15) is 22.3 Å². The van der Waals surface area contributed by atoms with Gasteiger partial charge in [0.15, 0.2) is 11.6 Å². The standard InChI is InChI=1S/C20H20N6O5/c1-12-4-5-13(2)15(6-12)11-31-19-16(26(28)29)7-14(8-17(19)30-3)9-21-24-18-10-22-25-20(27)23-18/h4-10H,11H2,1-3H3,(H2,23,24,25,27)/b21-9+. The van der Waals surface area contributed by atoms with Gasteiger partial charge in [0, 0.05) is 11.6 Å². The summed E-state index contributed by atoms with van der Waals surface area (Å²) in [4.78, 5) is 25.9. The normalized spacial score (nSPS) is 10.8. The number of hydrogen-bond donors (Lipinski definition) is 2. The van der Waals surface area contributed by atoms with Crippen LogP contribution in [0.25, 0.3) is 0 Å². The fraction of sp³-hybridized carbons (Fsp3) is 0.200. The van der Waals surface area contributed by atoms with Crippen LogP contribution >= 0.6 is 0 Å². The monoisotopic (exact) mass is 424 g/mol. The maximum absolute atomic E-state index is 11.7. The van der Waals surface area contributed by atoms with E-state index in [0.29, 0.717) is 5.56 Å². The Morgan fingerprint density at radius 2 is 2.10 bits per heavy atom. The summed E-state index contributed by atoms with van der Waals surface area (Å²) < 4.78 is 11.1. The highest BCUT2D eigenvalue weighted by atomic mass is 16.6. The third-order valence-corrected chi connectivity index (χ3v) is 4.31. The first kappa shape index (κ1) is 21.4. The van der Waals surface area contributed by atoms with E-state index < -0.39 is 10.6 Å². The molecule has 0 saturated heterocycles. The van der Waals surface area contributed by atoms with Crippen molar-refractivity contribution in [3.8, 4) is 11.5 Å². The lowest BCUT2D eigenvalue weighted by molar-refractivity contribution is -0.386. The lowest BCUT2D eigenvalue weighted by atomic mass is 10.1. The van der Waals surface area contributed by atoms with Crippen molar-refractivity contribution in [3.05, 3.63) is 79.4 Å². The van der Waals surface area contributed by atoms with Gasteiger partial charge in [0.2, 0.25) is 5.75 Å². The molecule has 11 heteroatoms. The molecule has 1 heterocycles. The Balaban J connectivity index is 1.86. The Hall–Kier alpha value is -4.28. The molecular weight excluding hydrogens is 404 g/mol. The first-order chi connectivity index (χ1) is 14.9. The number of benzene rings is 2. The molecule has 0 saturated carbocycles. The van der Waals surface area contributed by atoms with Crippen molar-refractivity contribution < 1.29 is 14.4 Å². The molecule has 3 rings (SSSR count). The highest BCUT2D eigenvalue weighted by Gasteiger charge is 2.22. The number of aromatic amines is 1. The van der Waals surface area contributed by atoms with Crippen LogP contribution in [0.5, 0.6) is 11.5 Å². The van der Waals surface area contributed by atoms with E-state index in [1.54, 1.807) is 6.07 Å². The minimum Gasteiger partial charge on any atom is -0.493 e. The molecule has 0 fully saturated rings. The molecule has 3 aromatic rings. The van der Waals surface area contributed by atoms with E-state index >= 15 is 0 Å². The predicted molar refractivity (Wildman–Crippen MR) is 114 cm³/mol. The molecule has 2 aromatic carbocycles. The molecule has 0 aliphatic carbocycles. The summed E-state index contributed by atoms with van der Waals surface area (Å²) in [5.74, 6) is 0.339. The first-order valence-corrected chi connectivity index (χ1v) is 9.13. The number of nitrogens with zero attached hydrogens (tertiary/aromatic N) is 4. The molecule has 0 radical (unpaired) electrons. The number of rotatable bonds is 8. The van der Waals surface area contributed by atoms with Crippen LogP contribution in [0, 0.1) is 24.0 Å². The van der Waals surface area contributed by atoms with Gasteiger partial charge in [-0.05, 0) is 31.0 Å². The third-order valence-electron chi connectivity index (χ3n) is 4.31. The lowest BCUT2D eigenvalue weighted by Crippen LogP contribution is -2.13. The Morgan fingerprint density at radius 3 is 2.81 bits per heavy atom. The summed E-state index contributed by atoms with van der Waals surface area (Å²) in [5, 5.41) is 21.3. The van der Waals surface area contributed by atoms with Gasteiger partial charge in [0.1, 0.15) is 6.61 Å². The van der Waals surface area contributed by atoms with Gasteiger partial charge in [0.25, 0.3) is 0 Å². The summed E-state index contributed by atoms with van der Waals surface area (Å²) in [7, 11) is 1.40. The number of H-pyrrole nitrogens is 1. The highest BCUT2D eigenvalue weighted by molar-refractivity contribution is 5.83. The van der Waals surface area contributed by atoms with Crippen molar-refractivity contribution in [2.45, 2.75) is 20.5 Å². The topological polar surface area (TPSA) is 145 Å². The number of methoxy groups -OCH3 is 1. The van der Waals surface area contributed by atoms with E-state index in [4.69, 9.17) is 9.47 Å². The van der Waals surface area contributed by atoms with Crippen LogP contribution in [0.2, 0.25) is 0 Å². The number of nitrogens with one attached hydrogen (secondary N) is 2. The van der Waals surface area contributed by atoms with E-state index in [2.05, 4.69) is 25.7 Å². The van der Waals surface area contributed by atoms with Crippen molar-refractivity contribution in [1.29, 1.82) is 0 Å². The van der Waals surface area contributed by atoms with Crippen LogP contribution in [0.15, 0.2) is 46.4 Å². The van der Waals surface area contributed by atoms with E-state index in [-0.39, 0.29) is 29.6 Å². The summed E-state index contributed by atoms with van der Waals surface area (Å²) in [6.07, 6.45) is 2.60. The van der Waals surface area contributed by atoms with E-state index in [1.165, 1.54) is 25.6 Å². The first-order valence-electron chi connectivity index (χ1n) is 9.13. The second-order valence-electron chi connectivity index (χ2n) is 6.59. The van der Waals surface area contributed by atoms with Crippen LogP contribution < -0.4 is 20.6 Å². The van der Waals surface area contributed by atoms with Crippen LogP contribution in [0.4, 0.5) is 11.5 Å². The maximum atomic E-state index is 11.7. The second kappa shape index (κ2) is 9.48. The van der Waals surface area contributed by atoms with Crippen LogP contribution in [0.3, 0.4) is 0 Å². The Labute approximate surface area is 176 Å². The lowest BCUT2D eigenvalue weighted by Gasteiger charge is -2.13. The van der Waals surface area contributed by atoms with E-state index in [9.17, 15) is 14.9 Å². The number of hydrogen-bond acceptors (Lipinski definition) is 9. The molecule has 0 spiro atoms. The third kappa shape index (κ3) is 5.41. The molecule has 0 amide bonds. The fourth-order valence-corrected chi connectivity index (χ4v) is 2.76. The smallest absolute Gasteiger partial charge is 0.363 e. The molecule has 1 aromatic heterocycles. The number of nitro groups is 1. The molecule has 160 valence electrons. The predicted octanol–water partition coefficient (Wildman–Crippen LogP) is 2.72. The molecule has 0 atom stereocenters. The van der Waals surface area contributed by atoms with Crippen molar-refractivity contribution in [2.75, 3.05) is 12.5 Å². The van der Waals surface area contributed by atoms with Gasteiger partial charge in [-0.25, -0.2) is 9.89 Å². The largest absolute Gasteiger partial charge is 0.493 e. The highest BCUT2D eigenvalue weighted by Crippen LogP contribution is 2.38. The number of hydrazone groups is 1. The Kier molecular flexibility index (Phi) is 6.55. The molecule has 0 aliphatic rings. The van der Waals surface area contributed by atoms with Crippen molar-refractivity contribution in [3.63, 3.8) is 0 Å². The average molecular weight is 424 g/mol. The Morgan fingerprint density at radius 1 is 1.29 bits per heavy atom. The molecule has 11 nitrogen and oxygen atoms in total. The molecule has 2 N–H and O–H groups in total. The zero-order chi connectivity index (χ0) is 22.4. The van der Waals surface area contributed by atoms with Gasteiger partial charge in [-0.2, -0.15) is 15.2 Å². The summed E-state index contributed by atoms with van der Waals surface area (Å²) in [5.41, 5.74) is 5.02. The summed E-state index contributed by atoms with van der Waals surface area (Å²) >= 11 is 0. The van der Waals surface area contributed by atoms with E-state index in [0.717, 1.165) is 16.7 Å². The van der Waals surface area contributed by atoms with Crippen molar-refractivity contribution >= 4 is 17.7 Å². The molecule has 0 aliphatic heterocycles. The van der Waals surface area contributed by atoms with Crippen molar-refractivity contribution in [1.82, 2.24) is 15.2 Å². The zero-order valence-electron chi connectivity index (χ0n) is 17.1. The zero-order valence-corrected chi connectivity index (χ0v) is 17.1. The quantitative estimate of drug-likeness (QED) is 0.319. The minimum atomic E-state index is -0.636. The number of aromatic nitrogens is 3. The Bertz CT molecular complexity index is 1190. The van der Waals surface area contributed by atoms with Gasteiger partial charge < -0.3 is 9.47 Å². The van der Waals surface area contributed by atoms with Crippen molar-refractivity contribution in [2.24, 2.45) is 5.10 Å². The van der Waals surface area contributed by atoms with E-state index in [1.807, 2.05) is 32.0 Å². The van der Waals surface area contributed by atoms with Gasteiger partial charge in [-0.15, -0.1) is 0 Å². The average Bonchev–Trinajstić information content (AvgIpc) is 2.74. The second-order valence-corrected chi connectivity index (χ2v) is 6.59. The minimum absolute atomic E-state index is 0.0268. The molecule has 0 unspecified atom stereocenters. The van der Waals surface area contributed by atoms with Crippen LogP contribution in [-0.4, -0.2) is 33.4 Å². The van der Waals surface area contributed by atoms with Gasteiger partial charge in [-0.3, -0.25) is 15.5 Å². The molecule has 0 bridgehead atoms. The number of nitro benzene ring substituents is 1. The number of anilines is 1. The van der Waals surface area contributed by atoms with Crippen LogP contribution in [-0.2, 0) is 6.61 Å².